The van der Waals surface area contributed by atoms with Gasteiger partial charge in [-0.25, -0.2) is 4.39 Å². The molecule has 0 aliphatic carbocycles. The summed E-state index contributed by atoms with van der Waals surface area (Å²) in [6.07, 6.45) is 1.05. The van der Waals surface area contributed by atoms with Crippen LogP contribution < -0.4 is 5.73 Å². The van der Waals surface area contributed by atoms with Gasteiger partial charge < -0.3 is 15.4 Å². The first-order valence-corrected chi connectivity index (χ1v) is 6.38. The van der Waals surface area contributed by atoms with Crippen molar-refractivity contribution in [2.75, 3.05) is 20.3 Å². The van der Waals surface area contributed by atoms with Gasteiger partial charge in [0.05, 0.1) is 5.54 Å². The Balaban J connectivity index is 2.03. The van der Waals surface area contributed by atoms with E-state index < -0.39 is 5.54 Å². The van der Waals surface area contributed by atoms with Gasteiger partial charge in [0.15, 0.2) is 0 Å². The number of ether oxygens (including phenoxy) is 1. The minimum Gasteiger partial charge on any atom is -0.381 e. The summed E-state index contributed by atoms with van der Waals surface area (Å²) in [6.45, 7) is 1.38. The number of carbonyl (C=O) groups is 1. The predicted molar refractivity (Wildman–Crippen MR) is 69.8 cm³/mol. The number of nitrogens with zero attached hydrogens (tertiary/aromatic N) is 1. The Labute approximate surface area is 112 Å². The van der Waals surface area contributed by atoms with E-state index in [9.17, 15) is 9.18 Å². The fraction of sp³-hybridized carbons (Fsp3) is 0.500. The molecule has 4 nitrogen and oxygen atoms in total. The number of halogens is 1. The van der Waals surface area contributed by atoms with Gasteiger partial charge in [-0.1, -0.05) is 12.1 Å². The molecular formula is C14H19FN2O2. The summed E-state index contributed by atoms with van der Waals surface area (Å²) in [5, 5.41) is 0. The molecule has 0 unspecified atom stereocenters. The lowest BCUT2D eigenvalue weighted by Gasteiger charge is -2.35. The molecule has 1 aliphatic heterocycles. The number of hydrogen-bond donors (Lipinski definition) is 1. The lowest BCUT2D eigenvalue weighted by molar-refractivity contribution is -0.139. The summed E-state index contributed by atoms with van der Waals surface area (Å²) in [5.74, 6) is -0.410. The second-order valence-electron chi connectivity index (χ2n) is 5.06. The van der Waals surface area contributed by atoms with Crippen LogP contribution in [0.4, 0.5) is 4.39 Å². The van der Waals surface area contributed by atoms with Crippen molar-refractivity contribution in [3.8, 4) is 0 Å². The number of benzene rings is 1. The number of hydrogen-bond acceptors (Lipinski definition) is 3. The van der Waals surface area contributed by atoms with E-state index in [-0.39, 0.29) is 11.7 Å². The fourth-order valence-corrected chi connectivity index (χ4v) is 2.31. The molecule has 0 aromatic heterocycles. The van der Waals surface area contributed by atoms with Crippen molar-refractivity contribution in [2.24, 2.45) is 5.73 Å². The van der Waals surface area contributed by atoms with Gasteiger partial charge in [0, 0.05) is 26.8 Å². The second kappa shape index (κ2) is 5.67. The third-order valence-corrected chi connectivity index (χ3v) is 3.47. The average Bonchev–Trinajstić information content (AvgIpc) is 2.38. The topological polar surface area (TPSA) is 55.6 Å². The van der Waals surface area contributed by atoms with Crippen LogP contribution in [0.1, 0.15) is 18.4 Å². The van der Waals surface area contributed by atoms with Crippen LogP contribution in [0.5, 0.6) is 0 Å². The molecule has 1 aromatic rings. The van der Waals surface area contributed by atoms with Gasteiger partial charge in [-0.2, -0.15) is 0 Å². The molecule has 0 atom stereocenters. The van der Waals surface area contributed by atoms with E-state index >= 15 is 0 Å². The first kappa shape index (κ1) is 14.0. The summed E-state index contributed by atoms with van der Waals surface area (Å²) in [4.78, 5) is 13.9. The average molecular weight is 266 g/mol. The highest BCUT2D eigenvalue weighted by Gasteiger charge is 2.37. The van der Waals surface area contributed by atoms with Crippen LogP contribution in [0.15, 0.2) is 24.3 Å². The van der Waals surface area contributed by atoms with Crippen LogP contribution in [0.3, 0.4) is 0 Å². The fourth-order valence-electron chi connectivity index (χ4n) is 2.31. The van der Waals surface area contributed by atoms with Gasteiger partial charge in [-0.05, 0) is 30.5 Å². The van der Waals surface area contributed by atoms with Crippen molar-refractivity contribution < 1.29 is 13.9 Å². The van der Waals surface area contributed by atoms with E-state index in [1.54, 1.807) is 24.1 Å². The maximum absolute atomic E-state index is 13.1. The zero-order chi connectivity index (χ0) is 13.9. The molecule has 1 aliphatic rings. The number of likely N-dealkylation sites (N-methyl/N-ethyl adjacent to an activating group) is 1. The molecule has 1 amide bonds. The van der Waals surface area contributed by atoms with Crippen LogP contribution in [0.25, 0.3) is 0 Å². The lowest BCUT2D eigenvalue weighted by Crippen LogP contribution is -2.57. The summed E-state index contributed by atoms with van der Waals surface area (Å²) in [5.41, 5.74) is 6.05. The number of carbonyl (C=O) groups excluding carboxylic acids is 1. The largest absolute Gasteiger partial charge is 0.381 e. The van der Waals surface area contributed by atoms with E-state index in [2.05, 4.69) is 0 Å². The molecule has 19 heavy (non-hydrogen) atoms. The Kier molecular flexibility index (Phi) is 4.17. The minimum absolute atomic E-state index is 0.111. The van der Waals surface area contributed by atoms with E-state index in [1.807, 2.05) is 0 Å². The number of nitrogens with two attached hydrogens (primary N) is 1. The van der Waals surface area contributed by atoms with Gasteiger partial charge in [0.25, 0.3) is 0 Å². The van der Waals surface area contributed by atoms with Crippen LogP contribution in [0.2, 0.25) is 0 Å². The molecule has 0 radical (unpaired) electrons. The molecule has 0 saturated carbocycles. The molecule has 1 heterocycles. The Bertz CT molecular complexity index is 459. The maximum Gasteiger partial charge on any atom is 0.242 e. The molecule has 1 saturated heterocycles. The Morgan fingerprint density at radius 2 is 2.16 bits per heavy atom. The first-order valence-electron chi connectivity index (χ1n) is 6.38. The minimum atomic E-state index is -0.847. The van der Waals surface area contributed by atoms with E-state index in [1.165, 1.54) is 12.1 Å². The Morgan fingerprint density at radius 1 is 1.47 bits per heavy atom. The maximum atomic E-state index is 13.1. The van der Waals surface area contributed by atoms with Gasteiger partial charge in [-0.3, -0.25) is 4.79 Å². The molecule has 104 valence electrons. The molecule has 5 heteroatoms. The van der Waals surface area contributed by atoms with Gasteiger partial charge in [-0.15, -0.1) is 0 Å². The SMILES string of the molecule is CN(Cc1cccc(F)c1)C(=O)C1(N)CCOCC1. The lowest BCUT2D eigenvalue weighted by atomic mass is 9.89. The summed E-state index contributed by atoms with van der Waals surface area (Å²) < 4.78 is 18.3. The van der Waals surface area contributed by atoms with Crippen LogP contribution >= 0.6 is 0 Å². The van der Waals surface area contributed by atoms with E-state index in [0.29, 0.717) is 32.6 Å². The first-order chi connectivity index (χ1) is 9.01. The third kappa shape index (κ3) is 3.30. The van der Waals surface area contributed by atoms with Crippen molar-refractivity contribution in [1.82, 2.24) is 4.90 Å². The van der Waals surface area contributed by atoms with Gasteiger partial charge in [0.2, 0.25) is 5.91 Å². The highest BCUT2D eigenvalue weighted by molar-refractivity contribution is 5.86. The molecule has 1 aromatic carbocycles. The highest BCUT2D eigenvalue weighted by atomic mass is 19.1. The van der Waals surface area contributed by atoms with Crippen molar-refractivity contribution >= 4 is 5.91 Å². The van der Waals surface area contributed by atoms with Crippen molar-refractivity contribution in [2.45, 2.75) is 24.9 Å². The quantitative estimate of drug-likeness (QED) is 0.897. The third-order valence-electron chi connectivity index (χ3n) is 3.47. The molecule has 0 bridgehead atoms. The zero-order valence-electron chi connectivity index (χ0n) is 11.1. The normalized spacial score (nSPS) is 18.1. The molecule has 1 fully saturated rings. The van der Waals surface area contributed by atoms with E-state index in [0.717, 1.165) is 5.56 Å². The molecular weight excluding hydrogens is 247 g/mol. The smallest absolute Gasteiger partial charge is 0.242 e. The van der Waals surface area contributed by atoms with Crippen molar-refractivity contribution in [3.63, 3.8) is 0 Å². The van der Waals surface area contributed by atoms with Crippen LogP contribution in [-0.2, 0) is 16.1 Å². The predicted octanol–water partition coefficient (Wildman–Crippen LogP) is 1.29. The summed E-state index contributed by atoms with van der Waals surface area (Å²) in [6, 6.07) is 6.24. The standard InChI is InChI=1S/C14H19FN2O2/c1-17(10-11-3-2-4-12(15)9-11)13(18)14(16)5-7-19-8-6-14/h2-4,9H,5-8,10,16H2,1H3. The molecule has 2 N–H and O–H groups in total. The van der Waals surface area contributed by atoms with E-state index in [4.69, 9.17) is 10.5 Å². The second-order valence-corrected chi connectivity index (χ2v) is 5.06. The van der Waals surface area contributed by atoms with Crippen molar-refractivity contribution in [1.29, 1.82) is 0 Å². The Morgan fingerprint density at radius 3 is 2.79 bits per heavy atom. The Hall–Kier alpha value is -1.46. The summed E-state index contributed by atoms with van der Waals surface area (Å²) >= 11 is 0. The number of amides is 1. The van der Waals surface area contributed by atoms with Gasteiger partial charge in [0.1, 0.15) is 5.82 Å². The number of rotatable bonds is 3. The summed E-state index contributed by atoms with van der Waals surface area (Å²) in [7, 11) is 1.69. The van der Waals surface area contributed by atoms with Crippen LogP contribution in [0, 0.1) is 5.82 Å². The van der Waals surface area contributed by atoms with Gasteiger partial charge >= 0.3 is 0 Å². The monoisotopic (exact) mass is 266 g/mol. The zero-order valence-corrected chi connectivity index (χ0v) is 11.1. The molecule has 0 spiro atoms. The van der Waals surface area contributed by atoms with Crippen molar-refractivity contribution in [3.05, 3.63) is 35.6 Å². The highest BCUT2D eigenvalue weighted by Crippen LogP contribution is 2.21. The molecule has 2 rings (SSSR count). The van der Waals surface area contributed by atoms with Crippen LogP contribution in [-0.4, -0.2) is 36.6 Å².